The topological polar surface area (TPSA) is 60.9 Å². The van der Waals surface area contributed by atoms with Gasteiger partial charge in [-0.1, -0.05) is 22.0 Å². The highest BCUT2D eigenvalue weighted by molar-refractivity contribution is 9.10. The van der Waals surface area contributed by atoms with E-state index in [2.05, 4.69) is 15.9 Å². The molecule has 1 fully saturated rings. The normalized spacial score (nSPS) is 19.3. The second-order valence-corrected chi connectivity index (χ2v) is 8.16. The zero-order chi connectivity index (χ0) is 19.1. The van der Waals surface area contributed by atoms with Crippen molar-refractivity contribution in [1.82, 2.24) is 4.90 Å². The van der Waals surface area contributed by atoms with Crippen LogP contribution in [0.1, 0.15) is 23.1 Å². The summed E-state index contributed by atoms with van der Waals surface area (Å²) in [6, 6.07) is 11.1. The number of phenols is 1. The van der Waals surface area contributed by atoms with Crippen LogP contribution in [-0.2, 0) is 22.6 Å². The van der Waals surface area contributed by atoms with Gasteiger partial charge in [0.15, 0.2) is 0 Å². The third-order valence-corrected chi connectivity index (χ3v) is 6.33. The van der Waals surface area contributed by atoms with Gasteiger partial charge < -0.3 is 14.9 Å². The molecule has 0 spiro atoms. The summed E-state index contributed by atoms with van der Waals surface area (Å²) in [4.78, 5) is 29.1. The van der Waals surface area contributed by atoms with Gasteiger partial charge in [0.05, 0.1) is 5.92 Å². The van der Waals surface area contributed by atoms with Crippen molar-refractivity contribution in [3.05, 3.63) is 57.6 Å². The molecule has 27 heavy (non-hydrogen) atoms. The predicted molar refractivity (Wildman–Crippen MR) is 107 cm³/mol. The molecule has 2 heterocycles. The fraction of sp³-hybridized carbons (Fsp3) is 0.333. The first-order chi connectivity index (χ1) is 12.9. The number of hydrogen-bond acceptors (Lipinski definition) is 3. The number of carbonyl (C=O) groups excluding carboxylic acids is 2. The van der Waals surface area contributed by atoms with Crippen LogP contribution in [0.2, 0.25) is 0 Å². The Morgan fingerprint density at radius 2 is 2.00 bits per heavy atom. The number of halogens is 1. The number of carbonyl (C=O) groups is 2. The van der Waals surface area contributed by atoms with Crippen molar-refractivity contribution in [1.29, 1.82) is 0 Å². The van der Waals surface area contributed by atoms with Crippen LogP contribution < -0.4 is 4.90 Å². The average molecular weight is 429 g/mol. The smallest absolute Gasteiger partial charge is 0.228 e. The lowest BCUT2D eigenvalue weighted by Gasteiger charge is -2.31. The highest BCUT2D eigenvalue weighted by Crippen LogP contribution is 2.31. The van der Waals surface area contributed by atoms with E-state index in [9.17, 15) is 14.7 Å². The van der Waals surface area contributed by atoms with Crippen molar-refractivity contribution in [2.24, 2.45) is 5.92 Å². The van der Waals surface area contributed by atoms with Crippen molar-refractivity contribution in [2.45, 2.75) is 26.3 Å². The Labute approximate surface area is 166 Å². The SMILES string of the molecule is Cc1cc(N2C[C@H](C(=O)N3CCc4ccc(O)cc4C3)CC2=O)ccc1Br. The molecule has 0 aliphatic carbocycles. The molecular weight excluding hydrogens is 408 g/mol. The summed E-state index contributed by atoms with van der Waals surface area (Å²) in [7, 11) is 0. The molecule has 6 heteroatoms. The molecular formula is C21H21BrN2O3. The molecule has 140 valence electrons. The summed E-state index contributed by atoms with van der Waals surface area (Å²) in [5, 5.41) is 9.70. The van der Waals surface area contributed by atoms with Gasteiger partial charge in [0.25, 0.3) is 0 Å². The van der Waals surface area contributed by atoms with Gasteiger partial charge in [0.1, 0.15) is 5.75 Å². The molecule has 0 unspecified atom stereocenters. The zero-order valence-electron chi connectivity index (χ0n) is 15.1. The van der Waals surface area contributed by atoms with Gasteiger partial charge >= 0.3 is 0 Å². The fourth-order valence-electron chi connectivity index (χ4n) is 3.91. The minimum absolute atomic E-state index is 0.00914. The maximum atomic E-state index is 13.0. The Morgan fingerprint density at radius 3 is 2.78 bits per heavy atom. The first-order valence-electron chi connectivity index (χ1n) is 9.08. The molecule has 0 saturated carbocycles. The van der Waals surface area contributed by atoms with Gasteiger partial charge in [-0.2, -0.15) is 0 Å². The maximum absolute atomic E-state index is 13.0. The van der Waals surface area contributed by atoms with E-state index < -0.39 is 0 Å². The van der Waals surface area contributed by atoms with Gasteiger partial charge in [-0.25, -0.2) is 0 Å². The molecule has 2 aromatic carbocycles. The quantitative estimate of drug-likeness (QED) is 0.796. The van der Waals surface area contributed by atoms with Gasteiger partial charge in [-0.15, -0.1) is 0 Å². The minimum atomic E-state index is -0.319. The lowest BCUT2D eigenvalue weighted by atomic mass is 9.97. The number of hydrogen-bond donors (Lipinski definition) is 1. The summed E-state index contributed by atoms with van der Waals surface area (Å²) >= 11 is 3.48. The van der Waals surface area contributed by atoms with E-state index in [-0.39, 0.29) is 29.9 Å². The van der Waals surface area contributed by atoms with E-state index in [1.165, 1.54) is 5.56 Å². The van der Waals surface area contributed by atoms with Crippen LogP contribution in [0.25, 0.3) is 0 Å². The number of phenolic OH excluding ortho intramolecular Hbond substituents is 1. The number of nitrogens with zero attached hydrogens (tertiary/aromatic N) is 2. The van der Waals surface area contributed by atoms with Crippen LogP contribution in [0.3, 0.4) is 0 Å². The number of aryl methyl sites for hydroxylation is 1. The summed E-state index contributed by atoms with van der Waals surface area (Å²) in [6.45, 7) is 3.54. The minimum Gasteiger partial charge on any atom is -0.508 e. The molecule has 1 saturated heterocycles. The Bertz CT molecular complexity index is 928. The van der Waals surface area contributed by atoms with Gasteiger partial charge in [0, 0.05) is 36.2 Å². The number of anilines is 1. The monoisotopic (exact) mass is 428 g/mol. The highest BCUT2D eigenvalue weighted by atomic mass is 79.9. The predicted octanol–water partition coefficient (Wildman–Crippen LogP) is 3.40. The number of aromatic hydroxyl groups is 1. The summed E-state index contributed by atoms with van der Waals surface area (Å²) in [5.74, 6) is -0.0880. The molecule has 2 aliphatic rings. The third kappa shape index (κ3) is 3.46. The van der Waals surface area contributed by atoms with Crippen molar-refractivity contribution in [3.8, 4) is 5.75 Å². The molecule has 2 amide bonds. The van der Waals surface area contributed by atoms with Crippen LogP contribution >= 0.6 is 15.9 Å². The highest BCUT2D eigenvalue weighted by Gasteiger charge is 2.38. The second kappa shape index (κ2) is 7.00. The van der Waals surface area contributed by atoms with E-state index >= 15 is 0 Å². The molecule has 1 atom stereocenters. The van der Waals surface area contributed by atoms with Gasteiger partial charge in [-0.05, 0) is 60.4 Å². The molecule has 0 radical (unpaired) electrons. The molecule has 2 aromatic rings. The first kappa shape index (κ1) is 18.0. The van der Waals surface area contributed by atoms with E-state index in [1.807, 2.05) is 36.1 Å². The molecule has 0 bridgehead atoms. The number of amides is 2. The summed E-state index contributed by atoms with van der Waals surface area (Å²) in [5.41, 5.74) is 4.05. The Balaban J connectivity index is 1.49. The number of fused-ring (bicyclic) bond motifs is 1. The Morgan fingerprint density at radius 1 is 1.19 bits per heavy atom. The zero-order valence-corrected chi connectivity index (χ0v) is 16.7. The van der Waals surface area contributed by atoms with Crippen LogP contribution in [0, 0.1) is 12.8 Å². The van der Waals surface area contributed by atoms with Crippen molar-refractivity contribution < 1.29 is 14.7 Å². The van der Waals surface area contributed by atoms with Gasteiger partial charge in [-0.3, -0.25) is 9.59 Å². The van der Waals surface area contributed by atoms with E-state index in [1.54, 1.807) is 17.0 Å². The summed E-state index contributed by atoms with van der Waals surface area (Å²) < 4.78 is 1.00. The molecule has 5 nitrogen and oxygen atoms in total. The van der Waals surface area contributed by atoms with Crippen molar-refractivity contribution >= 4 is 33.4 Å². The Kier molecular flexibility index (Phi) is 4.68. The van der Waals surface area contributed by atoms with Crippen molar-refractivity contribution in [2.75, 3.05) is 18.0 Å². The summed E-state index contributed by atoms with van der Waals surface area (Å²) in [6.07, 6.45) is 1.02. The van der Waals surface area contributed by atoms with Crippen LogP contribution in [0.4, 0.5) is 5.69 Å². The van der Waals surface area contributed by atoms with Crippen LogP contribution in [0.15, 0.2) is 40.9 Å². The van der Waals surface area contributed by atoms with E-state index in [4.69, 9.17) is 0 Å². The average Bonchev–Trinajstić information content (AvgIpc) is 3.04. The Hall–Kier alpha value is -2.34. The van der Waals surface area contributed by atoms with Crippen LogP contribution in [-0.4, -0.2) is 34.9 Å². The lowest BCUT2D eigenvalue weighted by molar-refractivity contribution is -0.136. The fourth-order valence-corrected chi connectivity index (χ4v) is 4.16. The first-order valence-corrected chi connectivity index (χ1v) is 9.88. The number of rotatable bonds is 2. The van der Waals surface area contributed by atoms with E-state index in [0.717, 1.165) is 27.7 Å². The standard InChI is InChI=1S/C21H21BrN2O3/c1-13-8-17(3-5-19(13)22)24-12-16(10-20(24)26)21(27)23-7-6-14-2-4-18(25)9-15(14)11-23/h2-5,8-9,16,25H,6-7,10-12H2,1H3/t16-/m1/s1. The third-order valence-electron chi connectivity index (χ3n) is 5.44. The lowest BCUT2D eigenvalue weighted by Crippen LogP contribution is -2.40. The molecule has 1 N–H and O–H groups in total. The van der Waals surface area contributed by atoms with Crippen LogP contribution in [0.5, 0.6) is 5.75 Å². The van der Waals surface area contributed by atoms with Crippen molar-refractivity contribution in [3.63, 3.8) is 0 Å². The number of benzene rings is 2. The van der Waals surface area contributed by atoms with E-state index in [0.29, 0.717) is 19.6 Å². The maximum Gasteiger partial charge on any atom is 0.228 e. The largest absolute Gasteiger partial charge is 0.508 e. The molecule has 0 aromatic heterocycles. The molecule has 4 rings (SSSR count). The van der Waals surface area contributed by atoms with Gasteiger partial charge in [0.2, 0.25) is 11.8 Å². The molecule has 2 aliphatic heterocycles. The second-order valence-electron chi connectivity index (χ2n) is 7.30.